The highest BCUT2D eigenvalue weighted by molar-refractivity contribution is 8.00. The standard InChI is InChI=1S/C26H18N4O2S/c31-33(32,24-4-2-1-3-5-24)26-16-23-14-21-9-8-19(28-21)12-17-6-7-18(27-17)13-20-10-11-22(29-20)15-25(26)30-23/h1-16,27-28H. The second kappa shape index (κ2) is 7.43. The molecule has 0 unspecified atom stereocenters. The lowest BCUT2D eigenvalue weighted by atomic mass is 10.3. The second-order valence-corrected chi connectivity index (χ2v) is 9.78. The molecular formula is C26H18N4O2S. The summed E-state index contributed by atoms with van der Waals surface area (Å²) in [5, 5.41) is 0. The molecule has 1 aromatic carbocycles. The second-order valence-electron chi connectivity index (χ2n) is 7.86. The fourth-order valence-electron chi connectivity index (χ4n) is 3.93. The van der Waals surface area contributed by atoms with Crippen LogP contribution in [0.3, 0.4) is 0 Å². The lowest BCUT2D eigenvalue weighted by Crippen LogP contribution is -2.02. The van der Waals surface area contributed by atoms with Gasteiger partial charge < -0.3 is 9.97 Å². The molecule has 2 aliphatic rings. The lowest BCUT2D eigenvalue weighted by Gasteiger charge is -2.04. The van der Waals surface area contributed by atoms with Crippen LogP contribution in [0.1, 0.15) is 22.8 Å². The molecule has 2 N–H and O–H groups in total. The van der Waals surface area contributed by atoms with Gasteiger partial charge in [0.15, 0.2) is 0 Å². The van der Waals surface area contributed by atoms with Crippen molar-refractivity contribution in [2.45, 2.75) is 4.90 Å². The van der Waals surface area contributed by atoms with E-state index >= 15 is 0 Å². The highest BCUT2D eigenvalue weighted by Crippen LogP contribution is 2.32. The van der Waals surface area contributed by atoms with Crippen molar-refractivity contribution in [2.75, 3.05) is 0 Å². The number of nitrogens with zero attached hydrogens (tertiary/aromatic N) is 2. The number of aromatic amines is 2. The molecular weight excluding hydrogens is 432 g/mol. The zero-order valence-electron chi connectivity index (χ0n) is 17.4. The summed E-state index contributed by atoms with van der Waals surface area (Å²) in [7, 11) is -3.75. The van der Waals surface area contributed by atoms with Gasteiger partial charge in [-0.25, -0.2) is 18.4 Å². The van der Waals surface area contributed by atoms with Gasteiger partial charge in [-0.15, -0.1) is 0 Å². The van der Waals surface area contributed by atoms with E-state index < -0.39 is 9.84 Å². The summed E-state index contributed by atoms with van der Waals surface area (Å²) < 4.78 is 26.9. The van der Waals surface area contributed by atoms with Crippen LogP contribution in [0.4, 0.5) is 0 Å². The molecule has 3 aromatic heterocycles. The van der Waals surface area contributed by atoms with E-state index in [0.717, 1.165) is 27.8 Å². The predicted octanol–water partition coefficient (Wildman–Crippen LogP) is 5.46. The molecule has 0 aliphatic carbocycles. The monoisotopic (exact) mass is 450 g/mol. The third-order valence-corrected chi connectivity index (χ3v) is 7.27. The van der Waals surface area contributed by atoms with Gasteiger partial charge in [0.25, 0.3) is 0 Å². The molecule has 6 rings (SSSR count). The van der Waals surface area contributed by atoms with Crippen LogP contribution in [-0.4, -0.2) is 28.4 Å². The average Bonchev–Trinajstić information content (AvgIpc) is 3.59. The topological polar surface area (TPSA) is 91.5 Å². The first-order chi connectivity index (χ1) is 16.0. The van der Waals surface area contributed by atoms with E-state index in [-0.39, 0.29) is 9.80 Å². The van der Waals surface area contributed by atoms with Crippen LogP contribution in [0.25, 0.3) is 45.2 Å². The van der Waals surface area contributed by atoms with E-state index in [1.807, 2.05) is 54.6 Å². The van der Waals surface area contributed by atoms with Crippen LogP contribution in [0.2, 0.25) is 0 Å². The van der Waals surface area contributed by atoms with Gasteiger partial charge in [0, 0.05) is 22.1 Å². The van der Waals surface area contributed by atoms with E-state index in [0.29, 0.717) is 17.1 Å². The van der Waals surface area contributed by atoms with Crippen molar-refractivity contribution in [1.82, 2.24) is 19.9 Å². The Kier molecular flexibility index (Phi) is 4.38. The molecule has 4 aromatic rings. The van der Waals surface area contributed by atoms with Crippen LogP contribution >= 0.6 is 0 Å². The maximum absolute atomic E-state index is 13.4. The Morgan fingerprint density at radius 1 is 0.606 bits per heavy atom. The number of benzene rings is 1. The van der Waals surface area contributed by atoms with Gasteiger partial charge in [0.2, 0.25) is 9.84 Å². The first-order valence-electron chi connectivity index (χ1n) is 10.4. The van der Waals surface area contributed by atoms with Crippen LogP contribution in [0.5, 0.6) is 0 Å². The number of rotatable bonds is 2. The minimum absolute atomic E-state index is 0.157. The average molecular weight is 451 g/mol. The third kappa shape index (κ3) is 3.68. The summed E-state index contributed by atoms with van der Waals surface area (Å²) in [6.45, 7) is 0. The van der Waals surface area contributed by atoms with Gasteiger partial charge >= 0.3 is 0 Å². The third-order valence-electron chi connectivity index (χ3n) is 5.47. The Labute approximate surface area is 189 Å². The SMILES string of the molecule is O=S(=O)(C1=Cc2cc3ccc(cc4ccc(cc5nc(cc1n2)C=C5)[nH]4)[nH]3)c1ccccc1. The van der Waals surface area contributed by atoms with Gasteiger partial charge in [-0.1, -0.05) is 18.2 Å². The van der Waals surface area contributed by atoms with Gasteiger partial charge in [0.1, 0.15) is 0 Å². The van der Waals surface area contributed by atoms with E-state index in [1.54, 1.807) is 42.5 Å². The van der Waals surface area contributed by atoms with Crippen molar-refractivity contribution in [2.24, 2.45) is 0 Å². The van der Waals surface area contributed by atoms with E-state index in [1.165, 1.54) is 0 Å². The van der Waals surface area contributed by atoms with Crippen LogP contribution in [-0.2, 0) is 9.84 Å². The largest absolute Gasteiger partial charge is 0.355 e. The zero-order valence-corrected chi connectivity index (χ0v) is 18.2. The Hall–Kier alpha value is -4.23. The molecule has 0 saturated carbocycles. The summed E-state index contributed by atoms with van der Waals surface area (Å²) in [5.41, 5.74) is 5.97. The molecule has 0 spiro atoms. The number of sulfone groups is 1. The summed E-state index contributed by atoms with van der Waals surface area (Å²) in [6.07, 6.45) is 5.36. The Morgan fingerprint density at radius 3 is 1.85 bits per heavy atom. The summed E-state index contributed by atoms with van der Waals surface area (Å²) in [4.78, 5) is 16.3. The molecule has 0 fully saturated rings. The summed E-state index contributed by atoms with van der Waals surface area (Å²) in [5.74, 6) is 0. The van der Waals surface area contributed by atoms with Crippen LogP contribution < -0.4 is 0 Å². The normalized spacial score (nSPS) is 13.2. The molecule has 160 valence electrons. The van der Waals surface area contributed by atoms with Gasteiger partial charge in [-0.3, -0.25) is 0 Å². The quantitative estimate of drug-likeness (QED) is 0.374. The number of hydrogen-bond acceptors (Lipinski definition) is 4. The molecule has 0 radical (unpaired) electrons. The number of fused-ring (bicyclic) bond motifs is 8. The molecule has 7 heteroatoms. The maximum atomic E-state index is 13.4. The van der Waals surface area contributed by atoms with Crippen molar-refractivity contribution in [3.63, 3.8) is 0 Å². The van der Waals surface area contributed by atoms with Crippen molar-refractivity contribution in [1.29, 1.82) is 0 Å². The molecule has 0 amide bonds. The van der Waals surface area contributed by atoms with Gasteiger partial charge in [-0.05, 0) is 78.9 Å². The maximum Gasteiger partial charge on any atom is 0.208 e. The van der Waals surface area contributed by atoms with Crippen molar-refractivity contribution in [3.05, 3.63) is 102 Å². The Morgan fingerprint density at radius 2 is 1.18 bits per heavy atom. The lowest BCUT2D eigenvalue weighted by molar-refractivity contribution is 0.606. The highest BCUT2D eigenvalue weighted by Gasteiger charge is 2.26. The van der Waals surface area contributed by atoms with Crippen molar-refractivity contribution >= 4 is 55.0 Å². The van der Waals surface area contributed by atoms with E-state index in [4.69, 9.17) is 0 Å². The van der Waals surface area contributed by atoms with Gasteiger partial charge in [-0.2, -0.15) is 0 Å². The first-order valence-corrected chi connectivity index (χ1v) is 11.9. The Bertz CT molecular complexity index is 1730. The number of aromatic nitrogens is 4. The number of H-pyrrole nitrogens is 2. The van der Waals surface area contributed by atoms with Crippen LogP contribution in [0, 0.1) is 0 Å². The summed E-state index contributed by atoms with van der Waals surface area (Å²) >= 11 is 0. The minimum Gasteiger partial charge on any atom is -0.355 e. The molecule has 6 nitrogen and oxygen atoms in total. The molecule has 0 atom stereocenters. The number of nitrogens with one attached hydrogen (secondary N) is 2. The van der Waals surface area contributed by atoms with Crippen molar-refractivity contribution in [3.8, 4) is 0 Å². The predicted molar refractivity (Wildman–Crippen MR) is 131 cm³/mol. The molecule has 33 heavy (non-hydrogen) atoms. The summed E-state index contributed by atoms with van der Waals surface area (Å²) in [6, 6.07) is 23.8. The molecule has 2 aliphatic heterocycles. The first kappa shape index (κ1) is 19.5. The fraction of sp³-hybridized carbons (Fsp3) is 0. The van der Waals surface area contributed by atoms with Crippen molar-refractivity contribution < 1.29 is 8.42 Å². The highest BCUT2D eigenvalue weighted by atomic mass is 32.2. The zero-order chi connectivity index (χ0) is 22.4. The molecule has 8 bridgehead atoms. The smallest absolute Gasteiger partial charge is 0.208 e. The minimum atomic E-state index is -3.75. The Balaban J connectivity index is 1.64. The van der Waals surface area contributed by atoms with Crippen LogP contribution in [0.15, 0.2) is 83.8 Å². The van der Waals surface area contributed by atoms with Gasteiger partial charge in [0.05, 0.1) is 32.6 Å². The fourth-order valence-corrected chi connectivity index (χ4v) is 5.36. The van der Waals surface area contributed by atoms with E-state index in [9.17, 15) is 8.42 Å². The van der Waals surface area contributed by atoms with E-state index in [2.05, 4.69) is 19.9 Å². The molecule has 0 saturated heterocycles. The molecule has 5 heterocycles. The number of hydrogen-bond donors (Lipinski definition) is 2.